The molecule has 3 amide bonds. The van der Waals surface area contributed by atoms with Gasteiger partial charge in [0.05, 0.1) is 5.56 Å². The molecule has 1 saturated carbocycles. The van der Waals surface area contributed by atoms with E-state index in [1.54, 1.807) is 24.1 Å². The molecule has 4 rings (SSSR count). The first-order valence-corrected chi connectivity index (χ1v) is 11.5. The zero-order valence-electron chi connectivity index (χ0n) is 18.8. The van der Waals surface area contributed by atoms with Gasteiger partial charge in [0.2, 0.25) is 5.91 Å². The van der Waals surface area contributed by atoms with Crippen molar-refractivity contribution < 1.29 is 19.5 Å². The summed E-state index contributed by atoms with van der Waals surface area (Å²) in [6.07, 6.45) is 5.73. The first-order valence-electron chi connectivity index (χ1n) is 11.5. The molecule has 1 heterocycles. The van der Waals surface area contributed by atoms with E-state index in [0.29, 0.717) is 29.8 Å². The summed E-state index contributed by atoms with van der Waals surface area (Å²) in [4.78, 5) is 37.8. The topological polar surface area (TPSA) is 111 Å². The number of carbonyl (C=O) groups is 3. The van der Waals surface area contributed by atoms with Gasteiger partial charge in [0.1, 0.15) is 0 Å². The first-order chi connectivity index (χ1) is 15.9. The van der Waals surface area contributed by atoms with E-state index >= 15 is 0 Å². The summed E-state index contributed by atoms with van der Waals surface area (Å²) in [6.45, 7) is 0.168. The van der Waals surface area contributed by atoms with Crippen LogP contribution in [0.4, 0.5) is 21.9 Å². The van der Waals surface area contributed by atoms with Gasteiger partial charge in [0.15, 0.2) is 0 Å². The Morgan fingerprint density at radius 2 is 1.85 bits per heavy atom. The van der Waals surface area contributed by atoms with E-state index in [0.717, 1.165) is 42.5 Å². The molecule has 0 saturated heterocycles. The standard InChI is InChI=1S/C25H30N4O4/c1-29-22-14-19(10-8-17(22)9-12-23(29)30)28-24(31)20-11-7-16(15-26-25(32)33)13-21(20)27-18-5-3-2-4-6-18/h7-8,10-11,13-14,18,26-27H,2-6,9,12,15H2,1H3,(H,28,31)(H,32,33). The second-order valence-electron chi connectivity index (χ2n) is 8.77. The Bertz CT molecular complexity index is 1060. The molecule has 0 radical (unpaired) electrons. The van der Waals surface area contributed by atoms with Crippen LogP contribution in [0.15, 0.2) is 36.4 Å². The van der Waals surface area contributed by atoms with Gasteiger partial charge >= 0.3 is 6.09 Å². The summed E-state index contributed by atoms with van der Waals surface area (Å²) in [5.74, 6) is -0.189. The number of anilines is 3. The molecule has 0 atom stereocenters. The van der Waals surface area contributed by atoms with Crippen LogP contribution in [-0.2, 0) is 17.8 Å². The van der Waals surface area contributed by atoms with E-state index in [1.165, 1.54) is 6.42 Å². The highest BCUT2D eigenvalue weighted by Crippen LogP contribution is 2.31. The molecule has 33 heavy (non-hydrogen) atoms. The lowest BCUT2D eigenvalue weighted by Gasteiger charge is -2.26. The molecule has 4 N–H and O–H groups in total. The van der Waals surface area contributed by atoms with Crippen molar-refractivity contribution in [2.45, 2.75) is 57.5 Å². The van der Waals surface area contributed by atoms with E-state index in [-0.39, 0.29) is 24.4 Å². The lowest BCUT2D eigenvalue weighted by molar-refractivity contribution is -0.118. The summed E-state index contributed by atoms with van der Waals surface area (Å²) in [5, 5.41) is 17.8. The monoisotopic (exact) mass is 450 g/mol. The Balaban J connectivity index is 1.56. The number of rotatable bonds is 6. The van der Waals surface area contributed by atoms with Crippen molar-refractivity contribution in [3.63, 3.8) is 0 Å². The Labute approximate surface area is 193 Å². The minimum absolute atomic E-state index is 0.0653. The van der Waals surface area contributed by atoms with Crippen molar-refractivity contribution in [3.05, 3.63) is 53.1 Å². The first kappa shape index (κ1) is 22.6. The highest BCUT2D eigenvalue weighted by molar-refractivity contribution is 6.08. The van der Waals surface area contributed by atoms with Crippen LogP contribution in [0.3, 0.4) is 0 Å². The maximum atomic E-state index is 13.2. The number of fused-ring (bicyclic) bond motifs is 1. The predicted octanol–water partition coefficient (Wildman–Crippen LogP) is 4.36. The summed E-state index contributed by atoms with van der Waals surface area (Å²) in [6, 6.07) is 11.3. The van der Waals surface area contributed by atoms with Crippen molar-refractivity contribution in [2.24, 2.45) is 0 Å². The molecule has 174 valence electrons. The van der Waals surface area contributed by atoms with Gasteiger partial charge in [-0.15, -0.1) is 0 Å². The van der Waals surface area contributed by atoms with Crippen LogP contribution in [-0.4, -0.2) is 36.1 Å². The number of hydrogen-bond acceptors (Lipinski definition) is 4. The normalized spacial score (nSPS) is 16.2. The van der Waals surface area contributed by atoms with Gasteiger partial charge in [-0.05, 0) is 54.7 Å². The zero-order chi connectivity index (χ0) is 23.4. The van der Waals surface area contributed by atoms with E-state index in [9.17, 15) is 14.4 Å². The fourth-order valence-electron chi connectivity index (χ4n) is 4.57. The molecule has 8 heteroatoms. The fraction of sp³-hybridized carbons (Fsp3) is 0.400. The Morgan fingerprint density at radius 3 is 2.61 bits per heavy atom. The molecule has 1 aliphatic heterocycles. The molecule has 0 bridgehead atoms. The minimum atomic E-state index is -1.09. The minimum Gasteiger partial charge on any atom is -0.465 e. The van der Waals surface area contributed by atoms with Crippen LogP contribution in [0.5, 0.6) is 0 Å². The Kier molecular flexibility index (Phi) is 6.82. The van der Waals surface area contributed by atoms with Gasteiger partial charge in [-0.1, -0.05) is 31.4 Å². The maximum Gasteiger partial charge on any atom is 0.404 e. The van der Waals surface area contributed by atoms with E-state index < -0.39 is 6.09 Å². The summed E-state index contributed by atoms with van der Waals surface area (Å²) >= 11 is 0. The van der Waals surface area contributed by atoms with Crippen LogP contribution in [0, 0.1) is 0 Å². The summed E-state index contributed by atoms with van der Waals surface area (Å²) in [7, 11) is 1.75. The molecule has 0 unspecified atom stereocenters. The number of nitrogens with zero attached hydrogens (tertiary/aromatic N) is 1. The molecule has 1 fully saturated rings. The summed E-state index contributed by atoms with van der Waals surface area (Å²) < 4.78 is 0. The molecular weight excluding hydrogens is 420 g/mol. The third-order valence-corrected chi connectivity index (χ3v) is 6.42. The van der Waals surface area contributed by atoms with Gasteiger partial charge < -0.3 is 26.0 Å². The highest BCUT2D eigenvalue weighted by Gasteiger charge is 2.22. The van der Waals surface area contributed by atoms with Gasteiger partial charge in [-0.3, -0.25) is 9.59 Å². The smallest absolute Gasteiger partial charge is 0.404 e. The van der Waals surface area contributed by atoms with Crippen molar-refractivity contribution >= 4 is 35.0 Å². The molecule has 2 aliphatic rings. The van der Waals surface area contributed by atoms with Crippen LogP contribution in [0.25, 0.3) is 0 Å². The second kappa shape index (κ2) is 9.94. The average Bonchev–Trinajstić information content (AvgIpc) is 2.81. The van der Waals surface area contributed by atoms with Gasteiger partial charge in [0.25, 0.3) is 5.91 Å². The van der Waals surface area contributed by atoms with E-state index in [1.807, 2.05) is 24.3 Å². The van der Waals surface area contributed by atoms with Crippen LogP contribution < -0.4 is 20.9 Å². The van der Waals surface area contributed by atoms with Gasteiger partial charge in [-0.25, -0.2) is 4.79 Å². The number of hydrogen-bond donors (Lipinski definition) is 4. The molecular formula is C25H30N4O4. The SMILES string of the molecule is CN1C(=O)CCc2ccc(NC(=O)c3ccc(CNC(=O)O)cc3NC3CCCCC3)cc21. The van der Waals surface area contributed by atoms with Crippen molar-refractivity contribution in [2.75, 3.05) is 22.6 Å². The van der Waals surface area contributed by atoms with Crippen LogP contribution >= 0.6 is 0 Å². The van der Waals surface area contributed by atoms with Crippen LogP contribution in [0.2, 0.25) is 0 Å². The number of nitrogens with one attached hydrogen (secondary N) is 3. The van der Waals surface area contributed by atoms with E-state index in [2.05, 4.69) is 16.0 Å². The van der Waals surface area contributed by atoms with E-state index in [4.69, 9.17) is 5.11 Å². The number of carbonyl (C=O) groups excluding carboxylic acids is 2. The third kappa shape index (κ3) is 5.45. The van der Waals surface area contributed by atoms with Gasteiger partial charge in [-0.2, -0.15) is 0 Å². The number of aryl methyl sites for hydroxylation is 1. The Hall–Kier alpha value is -3.55. The van der Waals surface area contributed by atoms with Crippen molar-refractivity contribution in [1.29, 1.82) is 0 Å². The maximum absolute atomic E-state index is 13.2. The highest BCUT2D eigenvalue weighted by atomic mass is 16.4. The average molecular weight is 451 g/mol. The fourth-order valence-corrected chi connectivity index (χ4v) is 4.57. The number of carboxylic acid groups (broad SMARTS) is 1. The molecule has 0 spiro atoms. The summed E-state index contributed by atoms with van der Waals surface area (Å²) in [5.41, 5.74) is 4.52. The lowest BCUT2D eigenvalue weighted by atomic mass is 9.94. The van der Waals surface area contributed by atoms with Gasteiger partial charge in [0, 0.05) is 43.1 Å². The van der Waals surface area contributed by atoms with Crippen molar-refractivity contribution in [3.8, 4) is 0 Å². The molecule has 1 aliphatic carbocycles. The predicted molar refractivity (Wildman–Crippen MR) is 128 cm³/mol. The quantitative estimate of drug-likeness (QED) is 0.523. The molecule has 2 aromatic rings. The Morgan fingerprint density at radius 1 is 1.06 bits per heavy atom. The molecule has 2 aromatic carbocycles. The third-order valence-electron chi connectivity index (χ3n) is 6.42. The second-order valence-corrected chi connectivity index (χ2v) is 8.77. The zero-order valence-corrected chi connectivity index (χ0v) is 18.8. The largest absolute Gasteiger partial charge is 0.465 e. The number of benzene rings is 2. The van der Waals surface area contributed by atoms with Crippen LogP contribution in [0.1, 0.15) is 60.0 Å². The molecule has 0 aromatic heterocycles. The van der Waals surface area contributed by atoms with Crippen molar-refractivity contribution in [1.82, 2.24) is 5.32 Å². The lowest BCUT2D eigenvalue weighted by Crippen LogP contribution is -2.31. The molecule has 8 nitrogen and oxygen atoms in total. The number of amides is 3.